The minimum atomic E-state index is -0.640. The van der Waals surface area contributed by atoms with E-state index in [9.17, 15) is 14.0 Å². The monoisotopic (exact) mass is 379 g/mol. The van der Waals surface area contributed by atoms with E-state index in [-0.39, 0.29) is 0 Å². The average Bonchev–Trinajstić information content (AvgIpc) is 3.26. The minimum Gasteiger partial charge on any atom is -0.345 e. The van der Waals surface area contributed by atoms with Crippen LogP contribution in [0.15, 0.2) is 48.8 Å². The van der Waals surface area contributed by atoms with Crippen LogP contribution in [0.25, 0.3) is 11.0 Å². The lowest BCUT2D eigenvalue weighted by Crippen LogP contribution is -2.30. The van der Waals surface area contributed by atoms with Crippen molar-refractivity contribution in [2.24, 2.45) is 5.92 Å². The number of carbonyl (C=O) groups is 2. The fourth-order valence-electron chi connectivity index (χ4n) is 4.05. The average molecular weight is 379 g/mol. The molecule has 1 amide bonds. The molecule has 2 heterocycles. The number of H-pyrrole nitrogens is 1. The summed E-state index contributed by atoms with van der Waals surface area (Å²) in [6.45, 7) is 2.09. The fraction of sp³-hybridized carbons (Fsp3) is 0.318. The van der Waals surface area contributed by atoms with E-state index in [4.69, 9.17) is 0 Å². The van der Waals surface area contributed by atoms with E-state index in [1.165, 1.54) is 11.0 Å². The maximum Gasteiger partial charge on any atom is 0.295 e. The Morgan fingerprint density at radius 2 is 1.96 bits per heavy atom. The Labute approximate surface area is 162 Å². The zero-order valence-electron chi connectivity index (χ0n) is 15.7. The summed E-state index contributed by atoms with van der Waals surface area (Å²) >= 11 is 0. The normalized spacial score (nSPS) is 19.7. The summed E-state index contributed by atoms with van der Waals surface area (Å²) in [5.74, 6) is -1.96. The molecular formula is C22H22FN3O2. The number of hydrogen-bond donors (Lipinski definition) is 1. The molecule has 6 heteroatoms. The molecule has 2 unspecified atom stereocenters. The second kappa shape index (κ2) is 7.54. The molecule has 144 valence electrons. The molecule has 1 aromatic heterocycles. The van der Waals surface area contributed by atoms with E-state index in [0.717, 1.165) is 30.3 Å². The second-order valence-electron chi connectivity index (χ2n) is 7.21. The SMILES string of the molecule is CCCCCC1C(=O)C(=O)N(c2ccc3nc[nH]c3c2)C1c1ccccc1F. The van der Waals surface area contributed by atoms with Crippen LogP contribution in [0.2, 0.25) is 0 Å². The van der Waals surface area contributed by atoms with Crippen molar-refractivity contribution in [3.8, 4) is 0 Å². The van der Waals surface area contributed by atoms with Gasteiger partial charge in [-0.3, -0.25) is 14.5 Å². The van der Waals surface area contributed by atoms with Crippen LogP contribution in [0.4, 0.5) is 10.1 Å². The number of aromatic amines is 1. The number of carbonyl (C=O) groups excluding carboxylic acids is 2. The number of amides is 1. The predicted molar refractivity (Wildman–Crippen MR) is 105 cm³/mol. The number of ketones is 1. The Bertz CT molecular complexity index is 1030. The zero-order chi connectivity index (χ0) is 19.7. The van der Waals surface area contributed by atoms with Crippen LogP contribution < -0.4 is 4.90 Å². The molecule has 0 saturated carbocycles. The van der Waals surface area contributed by atoms with Gasteiger partial charge in [0.15, 0.2) is 0 Å². The zero-order valence-corrected chi connectivity index (χ0v) is 15.7. The van der Waals surface area contributed by atoms with Crippen LogP contribution in [0.1, 0.15) is 44.2 Å². The topological polar surface area (TPSA) is 66.1 Å². The van der Waals surface area contributed by atoms with Gasteiger partial charge in [-0.2, -0.15) is 0 Å². The van der Waals surface area contributed by atoms with Gasteiger partial charge in [-0.25, -0.2) is 9.37 Å². The van der Waals surface area contributed by atoms with Gasteiger partial charge < -0.3 is 4.98 Å². The molecule has 5 nitrogen and oxygen atoms in total. The number of hydrogen-bond acceptors (Lipinski definition) is 3. The van der Waals surface area contributed by atoms with Crippen LogP contribution in [0.3, 0.4) is 0 Å². The summed E-state index contributed by atoms with van der Waals surface area (Å²) in [6, 6.07) is 11.1. The number of rotatable bonds is 6. The van der Waals surface area contributed by atoms with Gasteiger partial charge in [0.25, 0.3) is 5.91 Å². The van der Waals surface area contributed by atoms with Crippen LogP contribution in [-0.2, 0) is 9.59 Å². The lowest BCUT2D eigenvalue weighted by Gasteiger charge is -2.28. The van der Waals surface area contributed by atoms with Gasteiger partial charge in [0, 0.05) is 11.3 Å². The van der Waals surface area contributed by atoms with E-state index in [2.05, 4.69) is 16.9 Å². The number of anilines is 1. The smallest absolute Gasteiger partial charge is 0.295 e. The van der Waals surface area contributed by atoms with Crippen molar-refractivity contribution in [2.45, 2.75) is 38.6 Å². The Hall–Kier alpha value is -3.02. The van der Waals surface area contributed by atoms with E-state index < -0.39 is 29.5 Å². The molecule has 2 aromatic carbocycles. The number of nitrogens with one attached hydrogen (secondary N) is 1. The summed E-state index contributed by atoms with van der Waals surface area (Å²) in [5.41, 5.74) is 2.48. The van der Waals surface area contributed by atoms with E-state index in [1.807, 2.05) is 0 Å². The standard InChI is InChI=1S/C22H22FN3O2/c1-2-3-4-8-16-20(15-7-5-6-9-17(15)23)26(22(28)21(16)27)14-10-11-18-19(12-14)25-13-24-18/h5-7,9-13,16,20H,2-4,8H2,1H3,(H,24,25). The molecule has 1 aliphatic heterocycles. The first-order valence-electron chi connectivity index (χ1n) is 9.66. The molecule has 1 aliphatic rings. The lowest BCUT2D eigenvalue weighted by molar-refractivity contribution is -0.135. The Morgan fingerprint density at radius 3 is 2.75 bits per heavy atom. The second-order valence-corrected chi connectivity index (χ2v) is 7.21. The van der Waals surface area contributed by atoms with E-state index >= 15 is 0 Å². The van der Waals surface area contributed by atoms with Crippen molar-refractivity contribution in [1.29, 1.82) is 0 Å². The Kier molecular flexibility index (Phi) is 4.94. The van der Waals surface area contributed by atoms with Gasteiger partial charge >= 0.3 is 0 Å². The van der Waals surface area contributed by atoms with Crippen LogP contribution in [0.5, 0.6) is 0 Å². The molecule has 2 atom stereocenters. The van der Waals surface area contributed by atoms with Crippen molar-refractivity contribution in [2.75, 3.05) is 4.90 Å². The highest BCUT2D eigenvalue weighted by molar-refractivity contribution is 6.45. The summed E-state index contributed by atoms with van der Waals surface area (Å²) < 4.78 is 14.7. The molecular weight excluding hydrogens is 357 g/mol. The molecule has 3 aromatic rings. The number of imidazole rings is 1. The number of benzene rings is 2. The third-order valence-electron chi connectivity index (χ3n) is 5.45. The van der Waals surface area contributed by atoms with Crippen LogP contribution >= 0.6 is 0 Å². The number of halogens is 1. The highest BCUT2D eigenvalue weighted by Gasteiger charge is 2.49. The van der Waals surface area contributed by atoms with Crippen LogP contribution in [-0.4, -0.2) is 21.7 Å². The number of unbranched alkanes of at least 4 members (excludes halogenated alkanes) is 2. The molecule has 28 heavy (non-hydrogen) atoms. The molecule has 4 rings (SSSR count). The van der Waals surface area contributed by atoms with Crippen molar-refractivity contribution in [1.82, 2.24) is 9.97 Å². The number of aromatic nitrogens is 2. The van der Waals surface area contributed by atoms with Crippen molar-refractivity contribution < 1.29 is 14.0 Å². The largest absolute Gasteiger partial charge is 0.345 e. The fourth-order valence-corrected chi connectivity index (χ4v) is 4.05. The van der Waals surface area contributed by atoms with Crippen molar-refractivity contribution in [3.05, 3.63) is 60.2 Å². The number of fused-ring (bicyclic) bond motifs is 1. The third kappa shape index (κ3) is 3.09. The van der Waals surface area contributed by atoms with Gasteiger partial charge in [-0.1, -0.05) is 44.4 Å². The first-order valence-corrected chi connectivity index (χ1v) is 9.66. The maximum atomic E-state index is 14.7. The molecule has 1 fully saturated rings. The Morgan fingerprint density at radius 1 is 1.14 bits per heavy atom. The highest BCUT2D eigenvalue weighted by atomic mass is 19.1. The lowest BCUT2D eigenvalue weighted by atomic mass is 9.88. The molecule has 0 spiro atoms. The van der Waals surface area contributed by atoms with Gasteiger partial charge in [-0.05, 0) is 30.7 Å². The molecule has 0 radical (unpaired) electrons. The third-order valence-corrected chi connectivity index (χ3v) is 5.45. The van der Waals surface area contributed by atoms with E-state index in [1.54, 1.807) is 42.7 Å². The molecule has 0 bridgehead atoms. The molecule has 0 aliphatic carbocycles. The first-order chi connectivity index (χ1) is 13.6. The molecule has 1 N–H and O–H groups in total. The van der Waals surface area contributed by atoms with E-state index in [0.29, 0.717) is 17.7 Å². The summed E-state index contributed by atoms with van der Waals surface area (Å²) in [6.07, 6.45) is 4.97. The number of Topliss-reactive ketones (excluding diaryl/α,β-unsaturated/α-hetero) is 1. The first kappa shape index (κ1) is 18.3. The predicted octanol–water partition coefficient (Wildman–Crippen LogP) is 4.56. The van der Waals surface area contributed by atoms with Gasteiger partial charge in [-0.15, -0.1) is 0 Å². The van der Waals surface area contributed by atoms with Crippen molar-refractivity contribution >= 4 is 28.4 Å². The molecule has 1 saturated heterocycles. The minimum absolute atomic E-state index is 0.382. The maximum absolute atomic E-state index is 14.7. The summed E-state index contributed by atoms with van der Waals surface area (Å²) in [7, 11) is 0. The summed E-state index contributed by atoms with van der Waals surface area (Å²) in [5, 5.41) is 0. The summed E-state index contributed by atoms with van der Waals surface area (Å²) in [4.78, 5) is 34.5. The Balaban J connectivity index is 1.80. The highest BCUT2D eigenvalue weighted by Crippen LogP contribution is 2.43. The quantitative estimate of drug-likeness (QED) is 0.504. The van der Waals surface area contributed by atoms with Gasteiger partial charge in [0.2, 0.25) is 5.78 Å². The van der Waals surface area contributed by atoms with Gasteiger partial charge in [0.1, 0.15) is 5.82 Å². The van der Waals surface area contributed by atoms with Gasteiger partial charge in [0.05, 0.1) is 29.3 Å². The van der Waals surface area contributed by atoms with Crippen LogP contribution in [0, 0.1) is 11.7 Å². The number of nitrogens with zero attached hydrogens (tertiary/aromatic N) is 2. The van der Waals surface area contributed by atoms with Crippen molar-refractivity contribution in [3.63, 3.8) is 0 Å².